The maximum Gasteiger partial charge on any atom is 0.151 e. The maximum atomic E-state index is 12.0. The molecule has 1 heterocycles. The van der Waals surface area contributed by atoms with E-state index >= 15 is 0 Å². The fraction of sp³-hybridized carbons (Fsp3) is 0.294. The minimum absolute atomic E-state index is 0.250. The lowest BCUT2D eigenvalue weighted by Crippen LogP contribution is -2.29. The lowest BCUT2D eigenvalue weighted by atomic mass is 10.1. The first-order chi connectivity index (χ1) is 9.74. The summed E-state index contributed by atoms with van der Waals surface area (Å²) >= 11 is 0. The fourth-order valence-electron chi connectivity index (χ4n) is 2.11. The van der Waals surface area contributed by atoms with Gasteiger partial charge in [-0.05, 0) is 24.7 Å². The Morgan fingerprint density at radius 3 is 2.55 bits per heavy atom. The summed E-state index contributed by atoms with van der Waals surface area (Å²) in [5.74, 6) is 0.250. The number of benzene rings is 1. The monoisotopic (exact) mass is 268 g/mol. The number of hydrogen-bond donors (Lipinski definition) is 0. The molecule has 0 amide bonds. The minimum atomic E-state index is 0.250. The Bertz CT molecular complexity index is 525. The molecule has 0 fully saturated rings. The molecule has 0 aliphatic rings. The highest BCUT2D eigenvalue weighted by atomic mass is 16.1. The summed E-state index contributed by atoms with van der Waals surface area (Å²) in [6.45, 7) is 1.33. The van der Waals surface area contributed by atoms with E-state index in [0.717, 1.165) is 24.2 Å². The molecule has 20 heavy (non-hydrogen) atoms. The van der Waals surface area contributed by atoms with Gasteiger partial charge in [0.1, 0.15) is 0 Å². The molecule has 0 aliphatic carbocycles. The van der Waals surface area contributed by atoms with Crippen LogP contribution in [-0.4, -0.2) is 35.8 Å². The van der Waals surface area contributed by atoms with Crippen LogP contribution in [0.4, 0.5) is 0 Å². The molecule has 2 rings (SSSR count). The van der Waals surface area contributed by atoms with Crippen molar-refractivity contribution in [2.45, 2.75) is 12.8 Å². The van der Waals surface area contributed by atoms with Gasteiger partial charge in [0, 0.05) is 31.3 Å². The number of nitrogens with zero attached hydrogens (tertiary/aromatic N) is 2. The zero-order chi connectivity index (χ0) is 14.2. The van der Waals surface area contributed by atoms with Crippen LogP contribution in [0.25, 0.3) is 0 Å². The van der Waals surface area contributed by atoms with E-state index in [0.29, 0.717) is 13.0 Å². The van der Waals surface area contributed by atoms with Gasteiger partial charge in [0.15, 0.2) is 5.78 Å². The van der Waals surface area contributed by atoms with Gasteiger partial charge in [-0.1, -0.05) is 36.4 Å². The molecular weight excluding hydrogens is 248 g/mol. The highest BCUT2D eigenvalue weighted by Gasteiger charge is 2.07. The van der Waals surface area contributed by atoms with Crippen molar-refractivity contribution in [1.82, 2.24) is 9.88 Å². The first-order valence-electron chi connectivity index (χ1n) is 6.88. The van der Waals surface area contributed by atoms with Crippen LogP contribution in [0.2, 0.25) is 0 Å². The van der Waals surface area contributed by atoms with Gasteiger partial charge in [-0.2, -0.15) is 0 Å². The average molecular weight is 268 g/mol. The third-order valence-electron chi connectivity index (χ3n) is 3.17. The van der Waals surface area contributed by atoms with Gasteiger partial charge in [0.05, 0.1) is 6.54 Å². The first-order valence-corrected chi connectivity index (χ1v) is 6.88. The molecule has 3 nitrogen and oxygen atoms in total. The highest BCUT2D eigenvalue weighted by Crippen LogP contribution is 2.02. The summed E-state index contributed by atoms with van der Waals surface area (Å²) in [6.07, 6.45) is 3.18. The molecule has 0 aliphatic heterocycles. The first kappa shape index (κ1) is 14.4. The van der Waals surface area contributed by atoms with Gasteiger partial charge in [-0.15, -0.1) is 0 Å². The Balaban J connectivity index is 1.74. The summed E-state index contributed by atoms with van der Waals surface area (Å²) in [4.78, 5) is 18.3. The summed E-state index contributed by atoms with van der Waals surface area (Å²) in [6, 6.07) is 15.8. The van der Waals surface area contributed by atoms with Crippen molar-refractivity contribution >= 4 is 5.78 Å². The van der Waals surface area contributed by atoms with E-state index in [1.54, 1.807) is 6.20 Å². The molecule has 1 aromatic carbocycles. The zero-order valence-corrected chi connectivity index (χ0v) is 11.8. The standard InChI is InChI=1S/C17H20N2O/c1-19(12-10-16-9-5-6-11-18-16)14-17(20)13-15-7-3-2-4-8-15/h2-9,11H,10,12-14H2,1H3. The molecule has 0 unspecified atom stereocenters. The van der Waals surface area contributed by atoms with Gasteiger partial charge < -0.3 is 0 Å². The van der Waals surface area contributed by atoms with Gasteiger partial charge in [-0.25, -0.2) is 0 Å². The molecule has 0 saturated heterocycles. The molecule has 0 atom stereocenters. The predicted molar refractivity (Wildman–Crippen MR) is 80.6 cm³/mol. The second-order valence-corrected chi connectivity index (χ2v) is 5.01. The second kappa shape index (κ2) is 7.56. The Morgan fingerprint density at radius 2 is 1.85 bits per heavy atom. The molecule has 0 radical (unpaired) electrons. The minimum Gasteiger partial charge on any atom is -0.299 e. The van der Waals surface area contributed by atoms with Crippen LogP contribution in [0.15, 0.2) is 54.7 Å². The average Bonchev–Trinajstić information content (AvgIpc) is 2.47. The maximum absolute atomic E-state index is 12.0. The predicted octanol–water partition coefficient (Wildman–Crippen LogP) is 2.37. The van der Waals surface area contributed by atoms with E-state index in [-0.39, 0.29) is 5.78 Å². The van der Waals surface area contributed by atoms with Crippen LogP contribution in [0.1, 0.15) is 11.3 Å². The largest absolute Gasteiger partial charge is 0.299 e. The molecule has 0 bridgehead atoms. The topological polar surface area (TPSA) is 33.2 Å². The van der Waals surface area contributed by atoms with E-state index in [4.69, 9.17) is 0 Å². The van der Waals surface area contributed by atoms with Crippen LogP contribution in [0, 0.1) is 0 Å². The Labute approximate surface area is 120 Å². The van der Waals surface area contributed by atoms with Crippen molar-refractivity contribution in [3.63, 3.8) is 0 Å². The fourth-order valence-corrected chi connectivity index (χ4v) is 2.11. The summed E-state index contributed by atoms with van der Waals surface area (Å²) in [7, 11) is 1.98. The Hall–Kier alpha value is -2.00. The summed E-state index contributed by atoms with van der Waals surface area (Å²) in [5, 5.41) is 0. The SMILES string of the molecule is CN(CCc1ccccn1)CC(=O)Cc1ccccc1. The van der Waals surface area contributed by atoms with Crippen LogP contribution >= 0.6 is 0 Å². The Morgan fingerprint density at radius 1 is 1.10 bits per heavy atom. The van der Waals surface area contributed by atoms with Crippen molar-refractivity contribution in [3.8, 4) is 0 Å². The van der Waals surface area contributed by atoms with E-state index in [1.165, 1.54) is 0 Å². The van der Waals surface area contributed by atoms with E-state index in [1.807, 2.05) is 55.6 Å². The number of aromatic nitrogens is 1. The van der Waals surface area contributed by atoms with Crippen molar-refractivity contribution < 1.29 is 4.79 Å². The molecule has 1 aromatic heterocycles. The molecule has 0 saturated carbocycles. The number of ketones is 1. The number of rotatable bonds is 7. The quantitative estimate of drug-likeness (QED) is 0.773. The van der Waals surface area contributed by atoms with Crippen molar-refractivity contribution in [3.05, 3.63) is 66.0 Å². The lowest BCUT2D eigenvalue weighted by Gasteiger charge is -2.15. The normalized spacial score (nSPS) is 10.7. The van der Waals surface area contributed by atoms with E-state index in [9.17, 15) is 4.79 Å². The van der Waals surface area contributed by atoms with Crippen molar-refractivity contribution in [2.24, 2.45) is 0 Å². The molecular formula is C17H20N2O. The van der Waals surface area contributed by atoms with Gasteiger partial charge in [0.2, 0.25) is 0 Å². The molecule has 2 aromatic rings. The number of hydrogen-bond acceptors (Lipinski definition) is 3. The van der Waals surface area contributed by atoms with Crippen molar-refractivity contribution in [1.29, 1.82) is 0 Å². The van der Waals surface area contributed by atoms with Crippen LogP contribution in [0.3, 0.4) is 0 Å². The van der Waals surface area contributed by atoms with E-state index < -0.39 is 0 Å². The highest BCUT2D eigenvalue weighted by molar-refractivity contribution is 5.82. The third kappa shape index (κ3) is 4.94. The number of Topliss-reactive ketones (excluding diaryl/α,β-unsaturated/α-hetero) is 1. The van der Waals surface area contributed by atoms with Gasteiger partial charge in [-0.3, -0.25) is 14.7 Å². The third-order valence-corrected chi connectivity index (χ3v) is 3.17. The molecule has 0 N–H and O–H groups in total. The smallest absolute Gasteiger partial charge is 0.151 e. The van der Waals surface area contributed by atoms with Gasteiger partial charge in [0.25, 0.3) is 0 Å². The zero-order valence-electron chi connectivity index (χ0n) is 11.8. The number of carbonyl (C=O) groups excluding carboxylic acids is 1. The van der Waals surface area contributed by atoms with Crippen molar-refractivity contribution in [2.75, 3.05) is 20.1 Å². The number of pyridine rings is 1. The van der Waals surface area contributed by atoms with Gasteiger partial charge >= 0.3 is 0 Å². The molecule has 104 valence electrons. The summed E-state index contributed by atoms with van der Waals surface area (Å²) in [5.41, 5.74) is 2.14. The van der Waals surface area contributed by atoms with Crippen LogP contribution in [-0.2, 0) is 17.6 Å². The van der Waals surface area contributed by atoms with Crippen LogP contribution < -0.4 is 0 Å². The Kier molecular flexibility index (Phi) is 5.44. The molecule has 3 heteroatoms. The summed E-state index contributed by atoms with van der Waals surface area (Å²) < 4.78 is 0. The second-order valence-electron chi connectivity index (χ2n) is 5.01. The van der Waals surface area contributed by atoms with E-state index in [2.05, 4.69) is 9.88 Å². The molecule has 0 spiro atoms. The van der Waals surface area contributed by atoms with Crippen LogP contribution in [0.5, 0.6) is 0 Å². The number of likely N-dealkylation sites (N-methyl/N-ethyl adjacent to an activating group) is 1. The number of carbonyl (C=O) groups is 1. The lowest BCUT2D eigenvalue weighted by molar-refractivity contribution is -0.119.